The zero-order chi connectivity index (χ0) is 15.9. The van der Waals surface area contributed by atoms with Crippen molar-refractivity contribution in [2.45, 2.75) is 0 Å². The number of amides is 3. The van der Waals surface area contributed by atoms with Crippen molar-refractivity contribution in [2.75, 3.05) is 0 Å². The van der Waals surface area contributed by atoms with E-state index < -0.39 is 22.6 Å². The van der Waals surface area contributed by atoms with Crippen LogP contribution in [0.2, 0.25) is 0 Å². The lowest BCUT2D eigenvalue weighted by molar-refractivity contribution is -0.384. The molecular formula is C15H8N2O5. The molecule has 3 amide bonds. The smallest absolute Gasteiger partial charge is 0.268 e. The lowest BCUT2D eigenvalue weighted by Crippen LogP contribution is -2.36. The molecule has 0 aliphatic carbocycles. The third-order valence-corrected chi connectivity index (χ3v) is 3.32. The molecule has 108 valence electrons. The minimum absolute atomic E-state index is 0.0279. The van der Waals surface area contributed by atoms with Crippen LogP contribution < -0.4 is 0 Å². The zero-order valence-electron chi connectivity index (χ0n) is 11.1. The summed E-state index contributed by atoms with van der Waals surface area (Å²) in [5, 5.41) is 10.6. The van der Waals surface area contributed by atoms with Crippen molar-refractivity contribution >= 4 is 23.4 Å². The number of hydrogen-bond acceptors (Lipinski definition) is 5. The number of nitro groups is 1. The van der Waals surface area contributed by atoms with Gasteiger partial charge in [0.2, 0.25) is 0 Å². The van der Waals surface area contributed by atoms with Crippen molar-refractivity contribution < 1.29 is 19.3 Å². The van der Waals surface area contributed by atoms with E-state index >= 15 is 0 Å². The van der Waals surface area contributed by atoms with Crippen LogP contribution in [0.15, 0.2) is 48.5 Å². The van der Waals surface area contributed by atoms with E-state index in [0.29, 0.717) is 4.90 Å². The summed E-state index contributed by atoms with van der Waals surface area (Å²) in [5.74, 6) is -2.19. The lowest BCUT2D eigenvalue weighted by Gasteiger charge is -2.11. The molecule has 0 fully saturated rings. The predicted octanol–water partition coefficient (Wildman–Crippen LogP) is 2.03. The standard InChI is InChI=1S/C15H8N2O5/c18-13(9-5-7-10(8-6-9)17(21)22)16-14(19)11-3-1-2-4-12(11)15(16)20/h1-8H. The van der Waals surface area contributed by atoms with Crippen LogP contribution in [0.5, 0.6) is 0 Å². The molecule has 2 aromatic carbocycles. The van der Waals surface area contributed by atoms with E-state index in [4.69, 9.17) is 0 Å². The van der Waals surface area contributed by atoms with Gasteiger partial charge in [0.05, 0.1) is 16.1 Å². The first kappa shape index (κ1) is 13.6. The Morgan fingerprint density at radius 1 is 0.909 bits per heavy atom. The highest BCUT2D eigenvalue weighted by Gasteiger charge is 2.39. The van der Waals surface area contributed by atoms with Crippen molar-refractivity contribution in [3.63, 3.8) is 0 Å². The topological polar surface area (TPSA) is 97.6 Å². The third-order valence-electron chi connectivity index (χ3n) is 3.32. The maximum Gasteiger partial charge on any atom is 0.269 e. The van der Waals surface area contributed by atoms with Crippen molar-refractivity contribution in [1.29, 1.82) is 0 Å². The fourth-order valence-electron chi connectivity index (χ4n) is 2.23. The molecule has 0 radical (unpaired) electrons. The van der Waals surface area contributed by atoms with Gasteiger partial charge in [-0.25, -0.2) is 4.90 Å². The Bertz CT molecular complexity index is 791. The minimum Gasteiger partial charge on any atom is -0.268 e. The molecule has 3 rings (SSSR count). The van der Waals surface area contributed by atoms with E-state index in [-0.39, 0.29) is 22.4 Å². The van der Waals surface area contributed by atoms with Crippen LogP contribution in [0.1, 0.15) is 31.1 Å². The molecule has 1 heterocycles. The Morgan fingerprint density at radius 2 is 1.41 bits per heavy atom. The molecule has 2 aromatic rings. The summed E-state index contributed by atoms with van der Waals surface area (Å²) in [5.41, 5.74) is 0.185. The Labute approximate surface area is 123 Å². The van der Waals surface area contributed by atoms with Gasteiger partial charge in [0.1, 0.15) is 0 Å². The van der Waals surface area contributed by atoms with Gasteiger partial charge in [-0.3, -0.25) is 24.5 Å². The number of hydrogen-bond donors (Lipinski definition) is 0. The molecule has 0 saturated carbocycles. The Balaban J connectivity index is 1.95. The first-order valence-electron chi connectivity index (χ1n) is 6.27. The van der Waals surface area contributed by atoms with Gasteiger partial charge in [0, 0.05) is 17.7 Å². The van der Waals surface area contributed by atoms with E-state index in [0.717, 1.165) is 12.1 Å². The Morgan fingerprint density at radius 3 is 1.86 bits per heavy atom. The first-order chi connectivity index (χ1) is 10.5. The molecule has 0 unspecified atom stereocenters. The molecule has 0 bridgehead atoms. The predicted molar refractivity (Wildman–Crippen MR) is 74.4 cm³/mol. The van der Waals surface area contributed by atoms with E-state index in [1.165, 1.54) is 24.3 Å². The number of nitro benzene ring substituents is 1. The van der Waals surface area contributed by atoms with Gasteiger partial charge in [-0.15, -0.1) is 0 Å². The third kappa shape index (κ3) is 1.96. The monoisotopic (exact) mass is 296 g/mol. The van der Waals surface area contributed by atoms with Crippen molar-refractivity contribution in [1.82, 2.24) is 4.90 Å². The molecule has 7 heteroatoms. The lowest BCUT2D eigenvalue weighted by atomic mass is 10.1. The summed E-state index contributed by atoms with van der Waals surface area (Å²) in [4.78, 5) is 47.2. The van der Waals surface area contributed by atoms with Crippen LogP contribution in [0.4, 0.5) is 5.69 Å². The molecule has 0 spiro atoms. The number of nitrogens with zero attached hydrogens (tertiary/aromatic N) is 2. The van der Waals surface area contributed by atoms with Gasteiger partial charge in [0.25, 0.3) is 23.4 Å². The number of fused-ring (bicyclic) bond motifs is 1. The van der Waals surface area contributed by atoms with E-state index in [1.807, 2.05) is 0 Å². The first-order valence-corrected chi connectivity index (χ1v) is 6.27. The maximum absolute atomic E-state index is 12.3. The summed E-state index contributed by atoms with van der Waals surface area (Å²) in [6.45, 7) is 0. The number of benzene rings is 2. The van der Waals surface area contributed by atoms with Crippen molar-refractivity contribution in [2.24, 2.45) is 0 Å². The summed E-state index contributed by atoms with van der Waals surface area (Å²) in [6.07, 6.45) is 0. The fourth-order valence-corrected chi connectivity index (χ4v) is 2.23. The second-order valence-corrected chi connectivity index (χ2v) is 4.60. The molecule has 1 aliphatic rings. The van der Waals surface area contributed by atoms with Gasteiger partial charge >= 0.3 is 0 Å². The largest absolute Gasteiger partial charge is 0.269 e. The molecule has 22 heavy (non-hydrogen) atoms. The van der Waals surface area contributed by atoms with Crippen LogP contribution >= 0.6 is 0 Å². The van der Waals surface area contributed by atoms with Gasteiger partial charge in [-0.2, -0.15) is 0 Å². The van der Waals surface area contributed by atoms with Crippen molar-refractivity contribution in [3.8, 4) is 0 Å². The normalized spacial score (nSPS) is 13.2. The number of carbonyl (C=O) groups excluding carboxylic acids is 3. The number of imide groups is 3. The van der Waals surface area contributed by atoms with E-state index in [2.05, 4.69) is 0 Å². The fraction of sp³-hybridized carbons (Fsp3) is 0. The molecule has 0 atom stereocenters. The van der Waals surface area contributed by atoms with Crippen LogP contribution in [-0.4, -0.2) is 27.5 Å². The van der Waals surface area contributed by atoms with Gasteiger partial charge < -0.3 is 0 Å². The van der Waals surface area contributed by atoms with E-state index in [1.54, 1.807) is 12.1 Å². The summed E-state index contributed by atoms with van der Waals surface area (Å²) in [6, 6.07) is 10.9. The summed E-state index contributed by atoms with van der Waals surface area (Å²) < 4.78 is 0. The molecular weight excluding hydrogens is 288 g/mol. The van der Waals surface area contributed by atoms with Crippen LogP contribution in [0.25, 0.3) is 0 Å². The van der Waals surface area contributed by atoms with Crippen molar-refractivity contribution in [3.05, 3.63) is 75.3 Å². The number of non-ortho nitro benzene ring substituents is 1. The molecule has 7 nitrogen and oxygen atoms in total. The van der Waals surface area contributed by atoms with Crippen LogP contribution in [-0.2, 0) is 0 Å². The SMILES string of the molecule is O=C(c1ccc([N+](=O)[O-])cc1)N1C(=O)c2ccccc2C1=O. The van der Waals surface area contributed by atoms with E-state index in [9.17, 15) is 24.5 Å². The van der Waals surface area contributed by atoms with Gasteiger partial charge in [-0.05, 0) is 24.3 Å². The highest BCUT2D eigenvalue weighted by molar-refractivity contribution is 6.31. The average molecular weight is 296 g/mol. The minimum atomic E-state index is -0.805. The Hall–Kier alpha value is -3.35. The summed E-state index contributed by atoms with van der Waals surface area (Å²) in [7, 11) is 0. The number of carbonyl (C=O) groups is 3. The highest BCUT2D eigenvalue weighted by atomic mass is 16.6. The maximum atomic E-state index is 12.3. The number of rotatable bonds is 2. The van der Waals surface area contributed by atoms with Gasteiger partial charge in [-0.1, -0.05) is 12.1 Å². The van der Waals surface area contributed by atoms with Crippen LogP contribution in [0.3, 0.4) is 0 Å². The molecule has 0 saturated heterocycles. The average Bonchev–Trinajstić information content (AvgIpc) is 2.79. The van der Waals surface area contributed by atoms with Crippen LogP contribution in [0, 0.1) is 10.1 Å². The second kappa shape index (κ2) is 4.88. The Kier molecular flexibility index (Phi) is 3.03. The van der Waals surface area contributed by atoms with Gasteiger partial charge in [0.15, 0.2) is 0 Å². The summed E-state index contributed by atoms with van der Waals surface area (Å²) >= 11 is 0. The second-order valence-electron chi connectivity index (χ2n) is 4.60. The highest BCUT2D eigenvalue weighted by Crippen LogP contribution is 2.24. The molecule has 0 N–H and O–H groups in total. The molecule has 0 aromatic heterocycles. The molecule has 1 aliphatic heterocycles. The quantitative estimate of drug-likeness (QED) is 0.480. The zero-order valence-corrected chi connectivity index (χ0v) is 11.1.